The molecule has 2 unspecified atom stereocenters. The maximum Gasteiger partial charge on any atom is 0.255 e. The molecule has 0 aromatic heterocycles. The van der Waals surface area contributed by atoms with Crippen LogP contribution in [0.4, 0.5) is 0 Å². The first-order valence-corrected chi connectivity index (χ1v) is 12.3. The van der Waals surface area contributed by atoms with Crippen LogP contribution < -0.4 is 5.73 Å². The van der Waals surface area contributed by atoms with Crippen LogP contribution in [0.5, 0.6) is 5.75 Å². The highest BCUT2D eigenvalue weighted by molar-refractivity contribution is 6.32. The molecule has 4 atom stereocenters. The summed E-state index contributed by atoms with van der Waals surface area (Å²) in [7, 11) is 3.11. The summed E-state index contributed by atoms with van der Waals surface area (Å²) in [5, 5.41) is 45.4. The third-order valence-electron chi connectivity index (χ3n) is 8.03. The average Bonchev–Trinajstić information content (AvgIpc) is 3.32. The zero-order chi connectivity index (χ0) is 27.0. The van der Waals surface area contributed by atoms with Gasteiger partial charge in [-0.2, -0.15) is 0 Å². The number of carbonyl (C=O) groups is 3. The van der Waals surface area contributed by atoms with E-state index in [0.717, 1.165) is 0 Å². The first-order valence-electron chi connectivity index (χ1n) is 11.9. The third-order valence-corrected chi connectivity index (χ3v) is 8.37. The zero-order valence-corrected chi connectivity index (χ0v) is 21.1. The summed E-state index contributed by atoms with van der Waals surface area (Å²) in [4.78, 5) is 42.6. The van der Waals surface area contributed by atoms with Gasteiger partial charge < -0.3 is 26.2 Å². The number of nitrogens with two attached hydrogens (primary N) is 1. The number of aromatic hydroxyl groups is 1. The number of aliphatic hydroxyl groups is 3. The molecule has 0 bridgehead atoms. The number of carbonyl (C=O) groups excluding carboxylic acids is 3. The minimum Gasteiger partial charge on any atom is -0.508 e. The van der Waals surface area contributed by atoms with E-state index in [9.17, 15) is 34.8 Å². The van der Waals surface area contributed by atoms with Gasteiger partial charge in [-0.15, -0.1) is 0 Å². The van der Waals surface area contributed by atoms with Crippen LogP contribution in [-0.2, 0) is 27.3 Å². The van der Waals surface area contributed by atoms with Crippen LogP contribution in [0.1, 0.15) is 26.0 Å². The maximum absolute atomic E-state index is 13.9. The molecule has 0 spiro atoms. The number of fused-ring (bicyclic) bond motifs is 3. The van der Waals surface area contributed by atoms with Crippen molar-refractivity contribution in [3.63, 3.8) is 0 Å². The molecule has 1 aromatic rings. The molecule has 1 saturated carbocycles. The lowest BCUT2D eigenvalue weighted by atomic mass is 9.57. The van der Waals surface area contributed by atoms with Gasteiger partial charge in [0.1, 0.15) is 22.8 Å². The van der Waals surface area contributed by atoms with Crippen molar-refractivity contribution in [1.82, 2.24) is 9.80 Å². The van der Waals surface area contributed by atoms with Crippen LogP contribution in [0, 0.1) is 11.8 Å². The fourth-order valence-corrected chi connectivity index (χ4v) is 6.63. The Bertz CT molecular complexity index is 1350. The van der Waals surface area contributed by atoms with E-state index in [1.54, 1.807) is 20.2 Å². The Morgan fingerprint density at radius 3 is 2.49 bits per heavy atom. The fourth-order valence-electron chi connectivity index (χ4n) is 6.33. The molecule has 1 amide bonds. The Labute approximate surface area is 220 Å². The molecule has 0 radical (unpaired) electrons. The number of halogens is 1. The maximum atomic E-state index is 13.9. The average molecular weight is 534 g/mol. The van der Waals surface area contributed by atoms with Crippen molar-refractivity contribution in [3.05, 3.63) is 56.8 Å². The highest BCUT2D eigenvalue weighted by atomic mass is 35.5. The Morgan fingerprint density at radius 1 is 1.24 bits per heavy atom. The summed E-state index contributed by atoms with van der Waals surface area (Å²) < 4.78 is 0. The number of Topliss-reactive ketones (excluding diaryl/α,β-unsaturated/α-hetero) is 2. The van der Waals surface area contributed by atoms with Crippen LogP contribution in [0.3, 0.4) is 0 Å². The van der Waals surface area contributed by atoms with Crippen LogP contribution in [-0.4, -0.2) is 86.5 Å². The number of likely N-dealkylation sites (N-methyl/N-ethyl adjacent to an activating group) is 1. The van der Waals surface area contributed by atoms with Gasteiger partial charge in [0.25, 0.3) is 5.91 Å². The summed E-state index contributed by atoms with van der Waals surface area (Å²) >= 11 is 6.61. The summed E-state index contributed by atoms with van der Waals surface area (Å²) in [6.07, 6.45) is 4.17. The normalized spacial score (nSPS) is 29.6. The van der Waals surface area contributed by atoms with Gasteiger partial charge in [0, 0.05) is 44.6 Å². The number of phenolic OH excluding ortho intramolecular Hbond substituents is 1. The first kappa shape index (κ1) is 25.5. The molecule has 5 rings (SSSR count). The zero-order valence-electron chi connectivity index (χ0n) is 20.4. The lowest BCUT2D eigenvalue weighted by molar-refractivity contribution is -0.153. The Balaban J connectivity index is 0.00000210. The SMILES string of the molecule is CN(C)[C@@H]1C(=O)C(C(N)=O)=C(O)[C@@]2(O)C(=O)C3=C(O)c4c(O)c(CN5CC=CC5)cc(Cl)c4CC3CC12.[HH].[HH]. The van der Waals surface area contributed by atoms with Crippen LogP contribution in [0.15, 0.2) is 35.1 Å². The summed E-state index contributed by atoms with van der Waals surface area (Å²) in [6, 6.07) is 0.520. The smallest absolute Gasteiger partial charge is 0.255 e. The standard InChI is InChI=1S/C26H28ClN3O7.2H2/c1-29(2)19-14-8-11-7-13-15(27)9-12(10-30-5-3-4-6-30)20(31)17(13)21(32)16(11)23(34)26(14,37)24(35)18(22(19)33)25(28)36;;/h3-4,9,11,14,19,31-32,35,37H,5-8,10H2,1-2H3,(H2,28,36);2*1H/t11?,14?,19-,26-;;/m0../s1. The molecule has 37 heavy (non-hydrogen) atoms. The van der Waals surface area contributed by atoms with Crippen molar-refractivity contribution in [1.29, 1.82) is 0 Å². The van der Waals surface area contributed by atoms with Gasteiger partial charge in [-0.25, -0.2) is 0 Å². The quantitative estimate of drug-likeness (QED) is 0.285. The Kier molecular flexibility index (Phi) is 5.99. The molecule has 6 N–H and O–H groups in total. The molecule has 4 aliphatic rings. The Hall–Kier alpha value is -3.18. The van der Waals surface area contributed by atoms with Gasteiger partial charge in [0.05, 0.1) is 11.6 Å². The second kappa shape index (κ2) is 8.70. The lowest BCUT2D eigenvalue weighted by Crippen LogP contribution is -2.65. The highest BCUT2D eigenvalue weighted by Gasteiger charge is 2.64. The topological polar surface area (TPSA) is 165 Å². The number of ketones is 2. The number of nitrogens with zero attached hydrogens (tertiary/aromatic N) is 2. The van der Waals surface area contributed by atoms with Crippen molar-refractivity contribution in [2.24, 2.45) is 17.6 Å². The van der Waals surface area contributed by atoms with E-state index < -0.39 is 58.0 Å². The van der Waals surface area contributed by atoms with E-state index >= 15 is 0 Å². The number of rotatable bonds is 4. The number of hydrogen-bond donors (Lipinski definition) is 5. The predicted octanol–water partition coefficient (Wildman–Crippen LogP) is 1.48. The number of benzene rings is 1. The number of amides is 1. The molecule has 3 aliphatic carbocycles. The van der Waals surface area contributed by atoms with Gasteiger partial charge in [0.2, 0.25) is 5.78 Å². The van der Waals surface area contributed by atoms with Crippen LogP contribution >= 0.6 is 11.6 Å². The number of hydrogen-bond acceptors (Lipinski definition) is 9. The summed E-state index contributed by atoms with van der Waals surface area (Å²) in [6.45, 7) is 1.74. The molecule has 1 heterocycles. The van der Waals surface area contributed by atoms with Crippen LogP contribution in [0.2, 0.25) is 5.02 Å². The number of phenols is 1. The molecule has 200 valence electrons. The lowest BCUT2D eigenvalue weighted by Gasteiger charge is -2.50. The monoisotopic (exact) mass is 533 g/mol. The van der Waals surface area contributed by atoms with E-state index in [2.05, 4.69) is 0 Å². The second-order valence-corrected chi connectivity index (χ2v) is 10.8. The van der Waals surface area contributed by atoms with E-state index in [4.69, 9.17) is 17.3 Å². The van der Waals surface area contributed by atoms with Crippen molar-refractivity contribution in [2.45, 2.75) is 31.0 Å². The van der Waals surface area contributed by atoms with Crippen molar-refractivity contribution < 1.29 is 37.7 Å². The Morgan fingerprint density at radius 2 is 1.89 bits per heavy atom. The van der Waals surface area contributed by atoms with Crippen molar-refractivity contribution in [3.8, 4) is 5.75 Å². The van der Waals surface area contributed by atoms with Gasteiger partial charge >= 0.3 is 0 Å². The molecule has 1 aliphatic heterocycles. The number of aliphatic hydroxyl groups excluding tert-OH is 2. The number of primary amides is 1. The van der Waals surface area contributed by atoms with Gasteiger partial charge in [-0.3, -0.25) is 24.2 Å². The molecule has 1 aromatic carbocycles. The third kappa shape index (κ3) is 3.54. The molecule has 11 heteroatoms. The largest absolute Gasteiger partial charge is 0.508 e. The molecule has 0 saturated heterocycles. The minimum atomic E-state index is -2.66. The van der Waals surface area contributed by atoms with E-state index in [0.29, 0.717) is 35.8 Å². The fraction of sp³-hybridized carbons (Fsp3) is 0.423. The van der Waals surface area contributed by atoms with Crippen LogP contribution in [0.25, 0.3) is 5.76 Å². The van der Waals surface area contributed by atoms with E-state index in [1.165, 1.54) is 4.90 Å². The predicted molar refractivity (Wildman–Crippen MR) is 138 cm³/mol. The van der Waals surface area contributed by atoms with Gasteiger partial charge in [0.15, 0.2) is 11.4 Å². The van der Waals surface area contributed by atoms with E-state index in [-0.39, 0.29) is 32.6 Å². The first-order chi connectivity index (χ1) is 17.4. The summed E-state index contributed by atoms with van der Waals surface area (Å²) in [5.74, 6) is -6.76. The highest BCUT2D eigenvalue weighted by Crippen LogP contribution is 2.53. The molecular formula is C26H32ClN3O7. The van der Waals surface area contributed by atoms with Crippen molar-refractivity contribution in [2.75, 3.05) is 27.2 Å². The molecular weight excluding hydrogens is 502 g/mol. The van der Waals surface area contributed by atoms with Gasteiger partial charge in [-0.1, -0.05) is 23.8 Å². The summed E-state index contributed by atoms with van der Waals surface area (Å²) in [5.41, 5.74) is 2.57. The minimum absolute atomic E-state index is 0. The second-order valence-electron chi connectivity index (χ2n) is 10.3. The molecule has 10 nitrogen and oxygen atoms in total. The van der Waals surface area contributed by atoms with Crippen molar-refractivity contribution >= 4 is 34.8 Å². The van der Waals surface area contributed by atoms with Gasteiger partial charge in [-0.05, 0) is 44.5 Å². The van der Waals surface area contributed by atoms with E-state index in [1.807, 2.05) is 17.1 Å². The molecule has 1 fully saturated rings.